The van der Waals surface area contributed by atoms with Crippen LogP contribution in [0.2, 0.25) is 0 Å². The molecule has 6 heterocycles. The van der Waals surface area contributed by atoms with Gasteiger partial charge >= 0.3 is 41.2 Å². The van der Waals surface area contributed by atoms with Crippen LogP contribution < -0.4 is 41.4 Å². The highest BCUT2D eigenvalue weighted by molar-refractivity contribution is 14.1. The molecule has 4 unspecified atom stereocenters. The number of H-pyrrole nitrogens is 2. The Labute approximate surface area is 687 Å². The highest BCUT2D eigenvalue weighted by Crippen LogP contribution is 2.33. The van der Waals surface area contributed by atoms with Crippen molar-refractivity contribution in [2.45, 2.75) is 163 Å². The minimum absolute atomic E-state index is 0.0291. The van der Waals surface area contributed by atoms with Crippen molar-refractivity contribution < 1.29 is 125 Å². The number of halogens is 2. The molecule has 36 heteroatoms. The monoisotopic (exact) mass is 1760 g/mol. The number of aromatic nitrogens is 4. The second kappa shape index (κ2) is 52.5. The molecule has 4 aromatic carbocycles. The molecule has 0 aliphatic carbocycles. The number of rotatable bonds is 29. The van der Waals surface area contributed by atoms with E-state index >= 15 is 0 Å². The Bertz CT molecular complexity index is 4350. The van der Waals surface area contributed by atoms with Gasteiger partial charge in [0, 0.05) is 95.0 Å². The number of aliphatic hydroxyl groups is 3. The molecule has 5 N–H and O–H groups in total. The normalized spacial score (nSPS) is 23.3. The number of terminal acetylenes is 1. The standard InChI is InChI=1S/C23H26N2O8.C17H22O7.C12H12O2.C11H15IN2O6.C9H7ClO3.C8H16O4/c1-30-14-17-20(31-2)19(27)22(33-17)25-13-15(21(28)24-23(25)29)9-5-3-8-12-18(26)32-16-10-6-4-7-11-16;1-11-16(17(21-3)13(22-11)10-20-2)24-15(19)9-14(18)23-12-7-5-4-6-8-12;1-2-3-5-10-12(13)14-11-8-6-4-7-9-11;1-18-4-6-8(19-2)7(15)10(20-6)14-3-5(12)9(16)13-11(14)17;10-8(11)6-9(12)13-7-4-2-1-3-5-7;1-5-7(9)8(11-3)6(12-5)4-10-2/h4,6-7,10-11,13,17,19-20,22,27H,3,8,12,14H2,1-2H3,(H,24,28,29);4-8,11,13,16-17H,9-10H2,1-3H3;1,4,6-9H,3,5,10H2;3,6-8,10,15H,4H2,1-2H3,(H,13,16,17);1-5H,6H2;5-9H,4H2,1-3H3/t17-,19?,20+,22-;11-,13+,16?,17-;;6-,7?,8+,10-;;5-,6+,7?,8-/m10.1.0/s1. The van der Waals surface area contributed by atoms with Gasteiger partial charge in [-0.05, 0) is 109 Å². The number of carbonyl (C=O) groups is 6. The lowest BCUT2D eigenvalue weighted by molar-refractivity contribution is -0.160. The molecule has 4 aliphatic rings. The molecule has 16 atom stereocenters. The number of unbranched alkanes of at least 4 members (excludes halogenated alkanes) is 2. The molecule has 0 bridgehead atoms. The summed E-state index contributed by atoms with van der Waals surface area (Å²) in [6.45, 7) is 4.77. The van der Waals surface area contributed by atoms with Gasteiger partial charge in [-0.15, -0.1) is 12.3 Å². The Morgan fingerprint density at radius 3 is 1.23 bits per heavy atom. The molecule has 2 aromatic heterocycles. The molecule has 116 heavy (non-hydrogen) atoms. The van der Waals surface area contributed by atoms with Crippen molar-refractivity contribution in [1.29, 1.82) is 0 Å². The number of esters is 5. The van der Waals surface area contributed by atoms with Crippen LogP contribution in [0.1, 0.15) is 83.2 Å². The zero-order valence-electron chi connectivity index (χ0n) is 65.5. The first-order chi connectivity index (χ1) is 55.7. The van der Waals surface area contributed by atoms with Gasteiger partial charge in [0.1, 0.15) is 109 Å². The summed E-state index contributed by atoms with van der Waals surface area (Å²) in [7, 11) is 12.1. The SMILES string of the molecule is C#CCCCC(=O)Oc1ccccc1.COC[C@H]1O[C@@H](C)C(O)[C@H]1OC.COC[C@H]1O[C@@H](C)C(OC(=O)CC(=O)Oc2ccccc2)[C@H]1OC.COC[C@H]1O[C@@H](n2cc(C#CCCCC(=O)Oc3ccccc3)c(=O)[nH]c2=O)C(O)[C@H]1OC.COC[C@H]1O[C@@H](n2cc(I)c(=O)[nH]c2=O)C(O)[C@H]1OC.O=C(Cl)CC(=O)Oc1ccccc1. The van der Waals surface area contributed by atoms with Crippen LogP contribution in [0.4, 0.5) is 0 Å². The molecule has 34 nitrogen and oxygen atoms in total. The van der Waals surface area contributed by atoms with Crippen LogP contribution >= 0.6 is 34.2 Å². The third-order valence-electron chi connectivity index (χ3n) is 16.9. The number of hydrogen-bond donors (Lipinski definition) is 5. The van der Waals surface area contributed by atoms with E-state index in [0.717, 1.165) is 9.13 Å². The number of carbonyl (C=O) groups excluding carboxylic acids is 6. The summed E-state index contributed by atoms with van der Waals surface area (Å²) in [5.41, 5.74) is -2.49. The summed E-state index contributed by atoms with van der Waals surface area (Å²) in [4.78, 5) is 120. The summed E-state index contributed by atoms with van der Waals surface area (Å²) in [6, 6.07) is 34.8. The number of ether oxygens (including phenoxy) is 17. The van der Waals surface area contributed by atoms with Crippen LogP contribution in [0.5, 0.6) is 23.0 Å². The zero-order valence-corrected chi connectivity index (χ0v) is 68.4. The fraction of sp³-hybridized carbons (Fsp3) is 0.475. The predicted molar refractivity (Wildman–Crippen MR) is 422 cm³/mol. The molecule has 0 saturated carbocycles. The second-order valence-corrected chi connectivity index (χ2v) is 26.9. The maximum atomic E-state index is 12.3. The zero-order chi connectivity index (χ0) is 85.2. The van der Waals surface area contributed by atoms with E-state index in [0.29, 0.717) is 71.9 Å². The van der Waals surface area contributed by atoms with Gasteiger partial charge in [-0.1, -0.05) is 84.6 Å². The van der Waals surface area contributed by atoms with Gasteiger partial charge < -0.3 is 95.8 Å². The van der Waals surface area contributed by atoms with Gasteiger partial charge in [-0.2, -0.15) is 0 Å². The van der Waals surface area contributed by atoms with Crippen molar-refractivity contribution in [3.05, 3.63) is 185 Å². The summed E-state index contributed by atoms with van der Waals surface area (Å²) in [6.07, 6.45) is -0.111. The maximum absolute atomic E-state index is 12.3. The number of aliphatic hydroxyl groups excluding tert-OH is 3. The lowest BCUT2D eigenvalue weighted by Gasteiger charge is -2.21. The molecule has 4 fully saturated rings. The number of nitrogens with one attached hydrogen (secondary N) is 2. The number of nitrogens with zero attached hydrogens (tertiary/aromatic N) is 2. The molecule has 0 radical (unpaired) electrons. The van der Waals surface area contributed by atoms with E-state index in [2.05, 4.69) is 27.7 Å². The molecule has 4 saturated heterocycles. The van der Waals surface area contributed by atoms with Crippen molar-refractivity contribution in [3.63, 3.8) is 0 Å². The van der Waals surface area contributed by atoms with E-state index in [1.807, 2.05) is 31.2 Å². The van der Waals surface area contributed by atoms with Crippen LogP contribution in [-0.2, 0) is 90.3 Å². The Morgan fingerprint density at radius 1 is 0.466 bits per heavy atom. The van der Waals surface area contributed by atoms with Gasteiger partial charge in [0.25, 0.3) is 11.1 Å². The van der Waals surface area contributed by atoms with E-state index in [4.69, 9.17) is 98.6 Å². The van der Waals surface area contributed by atoms with E-state index in [9.17, 15) is 63.3 Å². The van der Waals surface area contributed by atoms with Crippen LogP contribution in [0.25, 0.3) is 0 Å². The Kier molecular flexibility index (Phi) is 44.1. The lowest BCUT2D eigenvalue weighted by Crippen LogP contribution is -2.39. The third kappa shape index (κ3) is 32.0. The average Bonchev–Trinajstić information content (AvgIpc) is 1.63. The van der Waals surface area contributed by atoms with Crippen molar-refractivity contribution in [3.8, 4) is 47.2 Å². The lowest BCUT2D eigenvalue weighted by atomic mass is 10.1. The largest absolute Gasteiger partial charge is 0.456 e. The third-order valence-corrected chi connectivity index (χ3v) is 17.8. The van der Waals surface area contributed by atoms with Crippen LogP contribution in [0, 0.1) is 27.8 Å². The van der Waals surface area contributed by atoms with Gasteiger partial charge in [-0.3, -0.25) is 57.5 Å². The topological polar surface area (TPSA) is 430 Å². The number of benzene rings is 4. The quantitative estimate of drug-likeness (QED) is 0.00790. The first-order valence-corrected chi connectivity index (χ1v) is 37.6. The molecule has 6 aromatic rings. The number of aromatic amines is 2. The van der Waals surface area contributed by atoms with Crippen LogP contribution in [-0.4, -0.2) is 238 Å². The Balaban J connectivity index is 0.000000258. The first-order valence-electron chi connectivity index (χ1n) is 36.1. The average molecular weight is 1760 g/mol. The van der Waals surface area contributed by atoms with Gasteiger partial charge in [0.2, 0.25) is 5.24 Å². The summed E-state index contributed by atoms with van der Waals surface area (Å²) >= 11 is 6.80. The van der Waals surface area contributed by atoms with E-state index in [1.54, 1.807) is 148 Å². The second-order valence-electron chi connectivity index (χ2n) is 25.4. The molecular weight excluding hydrogens is 1660 g/mol. The summed E-state index contributed by atoms with van der Waals surface area (Å²) < 4.78 is 91.5. The highest BCUT2D eigenvalue weighted by Gasteiger charge is 2.48. The minimum Gasteiger partial charge on any atom is -0.456 e. The smallest absolute Gasteiger partial charge is 0.330 e. The number of para-hydroxylation sites is 4. The molecular formula is C80H98ClIN4O30. The molecule has 0 spiro atoms. The summed E-state index contributed by atoms with van der Waals surface area (Å²) in [5, 5.41) is 29.6. The number of methoxy groups -OCH3 is 8. The molecule has 0 amide bonds. The van der Waals surface area contributed by atoms with Crippen molar-refractivity contribution in [2.75, 3.05) is 83.3 Å². The summed E-state index contributed by atoms with van der Waals surface area (Å²) in [5.74, 6) is 7.23. The van der Waals surface area contributed by atoms with Crippen LogP contribution in [0.3, 0.4) is 0 Å². The fourth-order valence-corrected chi connectivity index (χ4v) is 12.1. The minimum atomic E-state index is -1.16. The van der Waals surface area contributed by atoms with Gasteiger partial charge in [0.15, 0.2) is 18.6 Å². The molecule has 4 aliphatic heterocycles. The van der Waals surface area contributed by atoms with Crippen molar-refractivity contribution >= 4 is 69.3 Å². The first kappa shape index (κ1) is 97.4. The van der Waals surface area contributed by atoms with Crippen molar-refractivity contribution in [2.24, 2.45) is 0 Å². The van der Waals surface area contributed by atoms with E-state index < -0.39 is 126 Å². The number of hydrogen-bond acceptors (Lipinski definition) is 30. The molecule has 10 rings (SSSR count). The molecule has 632 valence electrons. The Hall–Kier alpha value is -9.20. The van der Waals surface area contributed by atoms with Gasteiger partial charge in [-0.25, -0.2) is 9.59 Å². The van der Waals surface area contributed by atoms with Gasteiger partial charge in [0.05, 0.1) is 42.2 Å². The van der Waals surface area contributed by atoms with E-state index in [-0.39, 0.29) is 67.7 Å². The maximum Gasteiger partial charge on any atom is 0.330 e. The van der Waals surface area contributed by atoms with Crippen LogP contribution in [0.15, 0.2) is 153 Å². The Morgan fingerprint density at radius 2 is 0.828 bits per heavy atom. The predicted octanol–water partition coefficient (Wildman–Crippen LogP) is 4.93. The van der Waals surface area contributed by atoms with E-state index in [1.165, 1.54) is 47.9 Å². The van der Waals surface area contributed by atoms with Crippen molar-refractivity contribution in [1.82, 2.24) is 19.1 Å². The highest BCUT2D eigenvalue weighted by atomic mass is 127. The fourth-order valence-electron chi connectivity index (χ4n) is 11.6.